The molecule has 1 aromatic heterocycles. The lowest BCUT2D eigenvalue weighted by Gasteiger charge is -2.09. The van der Waals surface area contributed by atoms with E-state index in [0.717, 1.165) is 6.33 Å². The third-order valence-corrected chi connectivity index (χ3v) is 2.17. The van der Waals surface area contributed by atoms with Gasteiger partial charge < -0.3 is 10.4 Å². The molecule has 1 heterocycles. The van der Waals surface area contributed by atoms with Crippen molar-refractivity contribution in [2.24, 2.45) is 5.92 Å². The lowest BCUT2D eigenvalue weighted by atomic mass is 10.2. The number of nitrogens with zero attached hydrogens (tertiary/aromatic N) is 3. The second-order valence-corrected chi connectivity index (χ2v) is 3.65. The van der Waals surface area contributed by atoms with E-state index in [1.54, 1.807) is 6.92 Å². The summed E-state index contributed by atoms with van der Waals surface area (Å²) in [6.07, 6.45) is 1.14. The van der Waals surface area contributed by atoms with E-state index >= 15 is 0 Å². The minimum Gasteiger partial charge on any atom is -0.396 e. The van der Waals surface area contributed by atoms with Gasteiger partial charge in [0.05, 0.1) is 4.92 Å². The standard InChI is InChI=1S/C8H11ClN4O3/c1-5(3-14)2-10-8-6(13(15)16)7(9)11-4-12-8/h4-5,14H,2-3H2,1H3,(H,10,11,12). The quantitative estimate of drug-likeness (QED) is 0.458. The first-order chi connectivity index (χ1) is 7.56. The Labute approximate surface area is 96.6 Å². The number of rotatable bonds is 5. The SMILES string of the molecule is CC(CO)CNc1ncnc(Cl)c1[N+](=O)[O-]. The highest BCUT2D eigenvalue weighted by Crippen LogP contribution is 2.28. The molecule has 0 aliphatic carbocycles. The molecule has 0 radical (unpaired) electrons. The number of anilines is 1. The van der Waals surface area contributed by atoms with E-state index in [9.17, 15) is 10.1 Å². The maximum Gasteiger partial charge on any atom is 0.348 e. The molecule has 0 aromatic carbocycles. The van der Waals surface area contributed by atoms with Crippen molar-refractivity contribution in [2.45, 2.75) is 6.92 Å². The first-order valence-electron chi connectivity index (χ1n) is 4.55. The van der Waals surface area contributed by atoms with Crippen LogP contribution < -0.4 is 5.32 Å². The van der Waals surface area contributed by atoms with Crippen LogP contribution in [-0.4, -0.2) is 33.1 Å². The summed E-state index contributed by atoms with van der Waals surface area (Å²) in [4.78, 5) is 17.3. The molecule has 1 rings (SSSR count). The van der Waals surface area contributed by atoms with Crippen LogP contribution in [0.2, 0.25) is 5.15 Å². The van der Waals surface area contributed by atoms with Crippen molar-refractivity contribution in [3.63, 3.8) is 0 Å². The van der Waals surface area contributed by atoms with Gasteiger partial charge in [-0.1, -0.05) is 18.5 Å². The summed E-state index contributed by atoms with van der Waals surface area (Å²) in [5, 5.41) is 22.1. The highest BCUT2D eigenvalue weighted by atomic mass is 35.5. The van der Waals surface area contributed by atoms with Gasteiger partial charge in [0, 0.05) is 13.2 Å². The number of aromatic nitrogens is 2. The maximum atomic E-state index is 10.7. The molecule has 0 aliphatic rings. The Morgan fingerprint density at radius 3 is 2.94 bits per heavy atom. The van der Waals surface area contributed by atoms with Crippen LogP contribution in [-0.2, 0) is 0 Å². The van der Waals surface area contributed by atoms with Gasteiger partial charge in [-0.05, 0) is 5.92 Å². The predicted octanol–water partition coefficient (Wildman–Crippen LogP) is 1.08. The summed E-state index contributed by atoms with van der Waals surface area (Å²) in [5.41, 5.74) is -0.352. The molecule has 0 saturated heterocycles. The fraction of sp³-hybridized carbons (Fsp3) is 0.500. The van der Waals surface area contributed by atoms with Crippen molar-refractivity contribution in [3.8, 4) is 0 Å². The van der Waals surface area contributed by atoms with Crippen molar-refractivity contribution < 1.29 is 10.0 Å². The van der Waals surface area contributed by atoms with Crippen LogP contribution in [0.1, 0.15) is 6.92 Å². The molecular weight excluding hydrogens is 236 g/mol. The molecule has 0 spiro atoms. The van der Waals surface area contributed by atoms with Crippen LogP contribution in [0.15, 0.2) is 6.33 Å². The van der Waals surface area contributed by atoms with Crippen molar-refractivity contribution in [2.75, 3.05) is 18.5 Å². The lowest BCUT2D eigenvalue weighted by Crippen LogP contribution is -2.16. The number of aliphatic hydroxyl groups excluding tert-OH is 1. The fourth-order valence-electron chi connectivity index (χ4n) is 0.984. The lowest BCUT2D eigenvalue weighted by molar-refractivity contribution is -0.384. The molecule has 88 valence electrons. The maximum absolute atomic E-state index is 10.7. The molecule has 0 aliphatic heterocycles. The minimum atomic E-state index is -0.645. The van der Waals surface area contributed by atoms with Crippen LogP contribution in [0.25, 0.3) is 0 Å². The molecule has 0 saturated carbocycles. The highest BCUT2D eigenvalue weighted by Gasteiger charge is 2.21. The zero-order valence-electron chi connectivity index (χ0n) is 8.55. The Balaban J connectivity index is 2.87. The molecule has 1 unspecified atom stereocenters. The van der Waals surface area contributed by atoms with Crippen LogP contribution in [0.4, 0.5) is 11.5 Å². The van der Waals surface area contributed by atoms with Gasteiger partial charge in [-0.15, -0.1) is 0 Å². The zero-order valence-corrected chi connectivity index (χ0v) is 9.31. The zero-order chi connectivity index (χ0) is 12.1. The summed E-state index contributed by atoms with van der Waals surface area (Å²) in [6.45, 7) is 2.14. The molecule has 1 aromatic rings. The summed E-state index contributed by atoms with van der Waals surface area (Å²) >= 11 is 5.59. The Bertz CT molecular complexity index is 388. The molecule has 7 nitrogen and oxygen atoms in total. The van der Waals surface area contributed by atoms with E-state index in [4.69, 9.17) is 16.7 Å². The summed E-state index contributed by atoms with van der Waals surface area (Å²) in [7, 11) is 0. The average molecular weight is 247 g/mol. The van der Waals surface area contributed by atoms with Crippen LogP contribution in [0.5, 0.6) is 0 Å². The predicted molar refractivity (Wildman–Crippen MR) is 58.4 cm³/mol. The van der Waals surface area contributed by atoms with Gasteiger partial charge in [-0.3, -0.25) is 10.1 Å². The average Bonchev–Trinajstić information content (AvgIpc) is 2.25. The minimum absolute atomic E-state index is 0.0143. The van der Waals surface area contributed by atoms with Gasteiger partial charge in [0.25, 0.3) is 0 Å². The van der Waals surface area contributed by atoms with E-state index in [2.05, 4.69) is 15.3 Å². The number of halogens is 1. The highest BCUT2D eigenvalue weighted by molar-refractivity contribution is 6.31. The summed E-state index contributed by atoms with van der Waals surface area (Å²) in [6, 6.07) is 0. The van der Waals surface area contributed by atoms with E-state index in [-0.39, 0.29) is 29.2 Å². The molecule has 16 heavy (non-hydrogen) atoms. The van der Waals surface area contributed by atoms with Gasteiger partial charge in [-0.25, -0.2) is 9.97 Å². The Kier molecular flexibility index (Phi) is 4.39. The Morgan fingerprint density at radius 2 is 2.38 bits per heavy atom. The molecule has 8 heteroatoms. The van der Waals surface area contributed by atoms with Crippen molar-refractivity contribution >= 4 is 23.1 Å². The second-order valence-electron chi connectivity index (χ2n) is 3.29. The largest absolute Gasteiger partial charge is 0.396 e. The van der Waals surface area contributed by atoms with Crippen LogP contribution in [0.3, 0.4) is 0 Å². The summed E-state index contributed by atoms with van der Waals surface area (Å²) < 4.78 is 0. The Morgan fingerprint density at radius 1 is 1.69 bits per heavy atom. The van der Waals surface area contributed by atoms with Gasteiger partial charge >= 0.3 is 5.69 Å². The molecule has 2 N–H and O–H groups in total. The monoisotopic (exact) mass is 246 g/mol. The second kappa shape index (κ2) is 5.57. The molecule has 1 atom stereocenters. The first kappa shape index (κ1) is 12.6. The van der Waals surface area contributed by atoms with E-state index in [0.29, 0.717) is 6.54 Å². The number of nitrogens with one attached hydrogen (secondary N) is 1. The number of hydrogen-bond donors (Lipinski definition) is 2. The molecule has 0 fully saturated rings. The first-order valence-corrected chi connectivity index (χ1v) is 4.93. The van der Waals surface area contributed by atoms with Gasteiger partial charge in [0.1, 0.15) is 6.33 Å². The smallest absolute Gasteiger partial charge is 0.348 e. The number of aliphatic hydroxyl groups is 1. The van der Waals surface area contributed by atoms with E-state index < -0.39 is 4.92 Å². The van der Waals surface area contributed by atoms with E-state index in [1.165, 1.54) is 0 Å². The van der Waals surface area contributed by atoms with Gasteiger partial charge in [0.15, 0.2) is 0 Å². The molecule has 0 amide bonds. The van der Waals surface area contributed by atoms with E-state index in [1.807, 2.05) is 0 Å². The molecular formula is C8H11ClN4O3. The van der Waals surface area contributed by atoms with Crippen molar-refractivity contribution in [1.29, 1.82) is 0 Å². The van der Waals surface area contributed by atoms with Crippen molar-refractivity contribution in [1.82, 2.24) is 9.97 Å². The van der Waals surface area contributed by atoms with Gasteiger partial charge in [-0.2, -0.15) is 0 Å². The molecule has 0 bridgehead atoms. The number of hydrogen-bond acceptors (Lipinski definition) is 6. The third-order valence-electron chi connectivity index (χ3n) is 1.89. The fourth-order valence-corrected chi connectivity index (χ4v) is 1.19. The third kappa shape index (κ3) is 3.01. The van der Waals surface area contributed by atoms with Crippen LogP contribution in [0, 0.1) is 16.0 Å². The van der Waals surface area contributed by atoms with Crippen LogP contribution >= 0.6 is 11.6 Å². The number of nitro groups is 1. The topological polar surface area (TPSA) is 101 Å². The van der Waals surface area contributed by atoms with Gasteiger partial charge in [0.2, 0.25) is 11.0 Å². The summed E-state index contributed by atoms with van der Waals surface area (Å²) in [5.74, 6) is 0.0265. The van der Waals surface area contributed by atoms with Crippen molar-refractivity contribution in [3.05, 3.63) is 21.6 Å². The Hall–Kier alpha value is -1.47. The normalized spacial score (nSPS) is 12.2.